The zero-order valence-electron chi connectivity index (χ0n) is 14.7. The van der Waals surface area contributed by atoms with Gasteiger partial charge in [-0.25, -0.2) is 0 Å². The molecule has 1 aliphatic heterocycles. The van der Waals surface area contributed by atoms with E-state index in [4.69, 9.17) is 4.74 Å². The van der Waals surface area contributed by atoms with Crippen molar-refractivity contribution < 1.29 is 9.29 Å². The van der Waals surface area contributed by atoms with Crippen molar-refractivity contribution in [1.29, 1.82) is 0 Å². The van der Waals surface area contributed by atoms with Gasteiger partial charge in [0.1, 0.15) is 10.9 Å². The Hall–Kier alpha value is -0.970. The minimum atomic E-state index is -1.08. The van der Waals surface area contributed by atoms with E-state index in [1.54, 1.807) is 6.26 Å². The smallest absolute Gasteiger partial charge is 0.137 e. The van der Waals surface area contributed by atoms with Gasteiger partial charge in [0.05, 0.1) is 18.8 Å². The van der Waals surface area contributed by atoms with E-state index in [2.05, 4.69) is 29.4 Å². The first-order valence-corrected chi connectivity index (χ1v) is 9.57. The van der Waals surface area contributed by atoms with Gasteiger partial charge in [0, 0.05) is 11.4 Å². The van der Waals surface area contributed by atoms with Gasteiger partial charge < -0.3 is 9.29 Å². The minimum Gasteiger partial charge on any atom is -0.597 e. The fourth-order valence-corrected chi connectivity index (χ4v) is 4.40. The Balaban J connectivity index is 2.25. The molecule has 1 aromatic rings. The van der Waals surface area contributed by atoms with Crippen LogP contribution in [0.4, 0.5) is 0 Å². The number of hydrogen-bond acceptors (Lipinski definition) is 3. The Morgan fingerprint density at radius 2 is 2.00 bits per heavy atom. The maximum Gasteiger partial charge on any atom is 0.137 e. The van der Waals surface area contributed by atoms with Gasteiger partial charge in [-0.3, -0.25) is 0 Å². The first kappa shape index (κ1) is 18.4. The molecule has 3 unspecified atom stereocenters. The molecule has 4 heteroatoms. The Morgan fingerprint density at radius 1 is 1.30 bits per heavy atom. The highest BCUT2D eigenvalue weighted by Gasteiger charge is 2.40. The van der Waals surface area contributed by atoms with Gasteiger partial charge in [0.15, 0.2) is 0 Å². The Morgan fingerprint density at radius 3 is 2.52 bits per heavy atom. The van der Waals surface area contributed by atoms with Gasteiger partial charge in [-0.15, -0.1) is 4.31 Å². The molecule has 0 saturated carbocycles. The lowest BCUT2D eigenvalue weighted by Crippen LogP contribution is -2.52. The second kappa shape index (κ2) is 8.22. The average molecular weight is 336 g/mol. The lowest BCUT2D eigenvalue weighted by Gasteiger charge is -2.40. The summed E-state index contributed by atoms with van der Waals surface area (Å²) in [6.07, 6.45) is 6.92. The van der Waals surface area contributed by atoms with Crippen LogP contribution >= 0.6 is 0 Å². The fourth-order valence-electron chi connectivity index (χ4n) is 2.90. The van der Waals surface area contributed by atoms with Crippen molar-refractivity contribution in [3.8, 4) is 0 Å². The standard InChI is InChI=1S/C19H29NO2S/c1-5-17(18-13-9-10-14-22-18)20(23(21)19(2,3)4)15-16-11-7-6-8-12-16/h6-8,10-12,14,17-18H,5,9,13,15H2,1-4H3. The summed E-state index contributed by atoms with van der Waals surface area (Å²) in [6, 6.07) is 10.4. The quantitative estimate of drug-likeness (QED) is 0.722. The summed E-state index contributed by atoms with van der Waals surface area (Å²) in [5.41, 5.74) is 1.19. The van der Waals surface area contributed by atoms with Gasteiger partial charge in [0.25, 0.3) is 0 Å². The van der Waals surface area contributed by atoms with Crippen LogP contribution in [0.3, 0.4) is 0 Å². The first-order valence-electron chi connectivity index (χ1n) is 8.46. The highest BCUT2D eigenvalue weighted by molar-refractivity contribution is 7.90. The van der Waals surface area contributed by atoms with E-state index in [1.807, 2.05) is 39.0 Å². The van der Waals surface area contributed by atoms with Gasteiger partial charge >= 0.3 is 0 Å². The Bertz CT molecular complexity index is 498. The summed E-state index contributed by atoms with van der Waals surface area (Å²) in [4.78, 5) is 0. The van der Waals surface area contributed by atoms with Crippen LogP contribution in [-0.2, 0) is 22.6 Å². The summed E-state index contributed by atoms with van der Waals surface area (Å²) in [5.74, 6) is 0. The van der Waals surface area contributed by atoms with E-state index < -0.39 is 11.4 Å². The molecular weight excluding hydrogens is 306 g/mol. The maximum absolute atomic E-state index is 13.2. The number of hydrogen-bond donors (Lipinski definition) is 0. The monoisotopic (exact) mass is 335 g/mol. The molecule has 0 bridgehead atoms. The lowest BCUT2D eigenvalue weighted by atomic mass is 10.0. The van der Waals surface area contributed by atoms with E-state index >= 15 is 0 Å². The highest BCUT2D eigenvalue weighted by atomic mass is 32.2. The van der Waals surface area contributed by atoms with Crippen LogP contribution in [0.5, 0.6) is 0 Å². The van der Waals surface area contributed by atoms with Crippen LogP contribution in [0.1, 0.15) is 52.5 Å². The van der Waals surface area contributed by atoms with Crippen molar-refractivity contribution in [2.24, 2.45) is 0 Å². The van der Waals surface area contributed by atoms with Crippen molar-refractivity contribution in [3.63, 3.8) is 0 Å². The van der Waals surface area contributed by atoms with Crippen LogP contribution in [0, 0.1) is 0 Å². The fraction of sp³-hybridized carbons (Fsp3) is 0.579. The summed E-state index contributed by atoms with van der Waals surface area (Å²) in [5, 5.41) is 0. The topological polar surface area (TPSA) is 35.5 Å². The Kier molecular flexibility index (Phi) is 6.57. The Labute approximate surface area is 144 Å². The van der Waals surface area contributed by atoms with Crippen molar-refractivity contribution in [2.45, 2.75) is 70.4 Å². The minimum absolute atomic E-state index is 0.111. The number of ether oxygens (including phenoxy) is 1. The molecule has 0 spiro atoms. The van der Waals surface area contributed by atoms with Crippen LogP contribution < -0.4 is 0 Å². The van der Waals surface area contributed by atoms with Crippen LogP contribution in [0.2, 0.25) is 0 Å². The third-order valence-corrected chi connectivity index (χ3v) is 5.98. The molecule has 2 rings (SSSR count). The lowest BCUT2D eigenvalue weighted by molar-refractivity contribution is 0.0518. The maximum atomic E-state index is 13.2. The third-order valence-electron chi connectivity index (χ3n) is 4.10. The molecule has 3 atom stereocenters. The van der Waals surface area contributed by atoms with Gasteiger partial charge in [-0.2, -0.15) is 0 Å². The molecule has 3 nitrogen and oxygen atoms in total. The molecule has 128 valence electrons. The molecule has 0 aliphatic carbocycles. The van der Waals surface area contributed by atoms with Crippen LogP contribution in [0.15, 0.2) is 42.7 Å². The predicted octanol–water partition coefficient (Wildman–Crippen LogP) is 4.42. The van der Waals surface area contributed by atoms with Gasteiger partial charge in [0.2, 0.25) is 0 Å². The first-order chi connectivity index (χ1) is 10.9. The summed E-state index contributed by atoms with van der Waals surface area (Å²) in [6.45, 7) is 8.96. The number of rotatable bonds is 6. The molecule has 1 heterocycles. The summed E-state index contributed by atoms with van der Waals surface area (Å²) >= 11 is -1.08. The van der Waals surface area contributed by atoms with Crippen molar-refractivity contribution in [1.82, 2.24) is 4.31 Å². The number of nitrogens with zero attached hydrogens (tertiary/aromatic N) is 1. The summed E-state index contributed by atoms with van der Waals surface area (Å²) in [7, 11) is 0. The van der Waals surface area contributed by atoms with E-state index in [9.17, 15) is 4.55 Å². The third kappa shape index (κ3) is 5.00. The number of allylic oxidation sites excluding steroid dienone is 1. The van der Waals surface area contributed by atoms with Crippen molar-refractivity contribution in [3.05, 3.63) is 48.2 Å². The summed E-state index contributed by atoms with van der Waals surface area (Å²) < 4.78 is 20.9. The second-order valence-corrected chi connectivity index (χ2v) is 9.21. The van der Waals surface area contributed by atoms with Crippen molar-refractivity contribution in [2.75, 3.05) is 0 Å². The normalized spacial score (nSPS) is 21.0. The highest BCUT2D eigenvalue weighted by Crippen LogP contribution is 2.30. The van der Waals surface area contributed by atoms with E-state index in [0.717, 1.165) is 19.3 Å². The molecule has 0 radical (unpaired) electrons. The SMILES string of the molecule is CCC(C1CCC=CO1)N(Cc1ccccc1)[S+]([O-])C(C)(C)C. The van der Waals surface area contributed by atoms with Crippen molar-refractivity contribution >= 4 is 11.4 Å². The molecule has 0 fully saturated rings. The second-order valence-electron chi connectivity index (χ2n) is 7.02. The van der Waals surface area contributed by atoms with Crippen LogP contribution in [-0.4, -0.2) is 25.8 Å². The van der Waals surface area contributed by atoms with Gasteiger partial charge in [-0.1, -0.05) is 37.3 Å². The molecule has 0 amide bonds. The van der Waals surface area contributed by atoms with Gasteiger partial charge in [-0.05, 0) is 51.7 Å². The average Bonchev–Trinajstić information content (AvgIpc) is 2.55. The zero-order valence-corrected chi connectivity index (χ0v) is 15.5. The van der Waals surface area contributed by atoms with E-state index in [-0.39, 0.29) is 16.9 Å². The molecular formula is C19H29NO2S. The molecule has 0 saturated heterocycles. The predicted molar refractivity (Wildman–Crippen MR) is 97.2 cm³/mol. The number of benzene rings is 1. The molecule has 0 aromatic heterocycles. The van der Waals surface area contributed by atoms with E-state index in [1.165, 1.54) is 5.56 Å². The molecule has 1 aromatic carbocycles. The zero-order chi connectivity index (χ0) is 16.9. The molecule has 1 aliphatic rings. The van der Waals surface area contributed by atoms with E-state index in [0.29, 0.717) is 6.54 Å². The molecule has 23 heavy (non-hydrogen) atoms. The molecule has 0 N–H and O–H groups in total. The largest absolute Gasteiger partial charge is 0.597 e. The van der Waals surface area contributed by atoms with Crippen LogP contribution in [0.25, 0.3) is 0 Å².